The minimum absolute atomic E-state index is 0.640. The van der Waals surface area contributed by atoms with Crippen molar-refractivity contribution in [2.75, 3.05) is 11.9 Å². The summed E-state index contributed by atoms with van der Waals surface area (Å²) in [6.45, 7) is 7.69. The molecule has 0 spiro atoms. The minimum atomic E-state index is 0.640. The smallest absolute Gasteiger partial charge is 0.205 e. The third-order valence-corrected chi connectivity index (χ3v) is 4.75. The van der Waals surface area contributed by atoms with E-state index in [9.17, 15) is 0 Å². The Balaban J connectivity index is 1.77. The van der Waals surface area contributed by atoms with E-state index in [-0.39, 0.29) is 0 Å². The Bertz CT molecular complexity index is 453. The molecule has 3 heterocycles. The summed E-state index contributed by atoms with van der Waals surface area (Å²) in [6.07, 6.45) is 7.44. The maximum atomic E-state index is 4.78. The molecule has 2 atom stereocenters. The minimum Gasteiger partial charge on any atom is -0.342 e. The van der Waals surface area contributed by atoms with E-state index in [1.807, 2.05) is 0 Å². The molecule has 112 valence electrons. The lowest BCUT2D eigenvalue weighted by atomic mass is 9.99. The molecule has 20 heavy (non-hydrogen) atoms. The van der Waals surface area contributed by atoms with Crippen LogP contribution in [0.2, 0.25) is 0 Å². The molecule has 0 aliphatic carbocycles. The third-order valence-electron chi connectivity index (χ3n) is 4.75. The summed E-state index contributed by atoms with van der Waals surface area (Å²) in [5.74, 6) is 1.81. The zero-order valence-corrected chi connectivity index (χ0v) is 13.3. The van der Waals surface area contributed by atoms with E-state index in [4.69, 9.17) is 4.98 Å². The molecule has 1 N–H and O–H groups in total. The van der Waals surface area contributed by atoms with Crippen LogP contribution in [0.15, 0.2) is 6.20 Å². The molecule has 0 amide bonds. The second-order valence-electron chi connectivity index (χ2n) is 7.10. The lowest BCUT2D eigenvalue weighted by molar-refractivity contribution is 0.350. The molecule has 2 aliphatic heterocycles. The van der Waals surface area contributed by atoms with Gasteiger partial charge in [-0.25, -0.2) is 4.98 Å². The van der Waals surface area contributed by atoms with E-state index < -0.39 is 0 Å². The summed E-state index contributed by atoms with van der Waals surface area (Å²) >= 11 is 0. The molecule has 0 aromatic carbocycles. The number of nitrogens with one attached hydrogen (secondary N) is 1. The van der Waals surface area contributed by atoms with Gasteiger partial charge in [0.15, 0.2) is 0 Å². The molecule has 1 aromatic heterocycles. The molecule has 4 nitrogen and oxygen atoms in total. The number of hydrogen-bond acceptors (Lipinski definition) is 3. The Morgan fingerprint density at radius 3 is 2.60 bits per heavy atom. The van der Waals surface area contributed by atoms with E-state index in [0.717, 1.165) is 30.3 Å². The van der Waals surface area contributed by atoms with Crippen molar-refractivity contribution < 1.29 is 0 Å². The number of fused-ring (bicyclic) bond motifs is 2. The quantitative estimate of drug-likeness (QED) is 0.917. The zero-order chi connectivity index (χ0) is 14.3. The first-order valence-corrected chi connectivity index (χ1v) is 8.05. The van der Waals surface area contributed by atoms with Crippen LogP contribution in [0.3, 0.4) is 0 Å². The fourth-order valence-electron chi connectivity index (χ4n) is 3.85. The molecular formula is C16H28N4. The van der Waals surface area contributed by atoms with Gasteiger partial charge in [-0.2, -0.15) is 0 Å². The van der Waals surface area contributed by atoms with Crippen molar-refractivity contribution in [1.82, 2.24) is 14.9 Å². The van der Waals surface area contributed by atoms with Gasteiger partial charge in [-0.05, 0) is 38.5 Å². The van der Waals surface area contributed by atoms with Crippen molar-refractivity contribution in [3.8, 4) is 0 Å². The topological polar surface area (TPSA) is 33.1 Å². The highest BCUT2D eigenvalue weighted by atomic mass is 15.3. The predicted octanol–water partition coefficient (Wildman–Crippen LogP) is 2.57. The Kier molecular flexibility index (Phi) is 3.76. The molecule has 1 aromatic rings. The van der Waals surface area contributed by atoms with Gasteiger partial charge in [-0.3, -0.25) is 0 Å². The average molecular weight is 276 g/mol. The lowest BCUT2D eigenvalue weighted by Crippen LogP contribution is -2.47. The molecule has 2 aliphatic rings. The molecular weight excluding hydrogens is 248 g/mol. The maximum absolute atomic E-state index is 4.78. The van der Waals surface area contributed by atoms with Crippen LogP contribution in [0.1, 0.15) is 45.2 Å². The monoisotopic (exact) mass is 276 g/mol. The summed E-state index contributed by atoms with van der Waals surface area (Å²) in [5.41, 5.74) is 1.13. The molecule has 3 rings (SSSR count). The Labute approximate surface area is 122 Å². The van der Waals surface area contributed by atoms with Crippen molar-refractivity contribution in [3.05, 3.63) is 11.9 Å². The Morgan fingerprint density at radius 2 is 2.00 bits per heavy atom. The van der Waals surface area contributed by atoms with Crippen LogP contribution in [0.4, 0.5) is 5.95 Å². The van der Waals surface area contributed by atoms with E-state index >= 15 is 0 Å². The van der Waals surface area contributed by atoms with Crippen LogP contribution in [0.25, 0.3) is 0 Å². The van der Waals surface area contributed by atoms with Crippen LogP contribution in [0.5, 0.6) is 0 Å². The Hall–Kier alpha value is -1.03. The second-order valence-corrected chi connectivity index (χ2v) is 7.10. The summed E-state index contributed by atoms with van der Waals surface area (Å²) in [5, 5.41) is 3.72. The largest absolute Gasteiger partial charge is 0.342 e. The van der Waals surface area contributed by atoms with Gasteiger partial charge in [0.25, 0.3) is 0 Å². The lowest BCUT2D eigenvalue weighted by Gasteiger charge is -2.36. The van der Waals surface area contributed by atoms with E-state index in [0.29, 0.717) is 12.0 Å². The maximum Gasteiger partial charge on any atom is 0.205 e. The van der Waals surface area contributed by atoms with Gasteiger partial charge in [-0.15, -0.1) is 0 Å². The fraction of sp³-hybridized carbons (Fsp3) is 0.812. The number of rotatable bonds is 4. The van der Waals surface area contributed by atoms with E-state index in [1.165, 1.54) is 25.7 Å². The first kappa shape index (κ1) is 13.9. The summed E-state index contributed by atoms with van der Waals surface area (Å²) in [7, 11) is 2.23. The van der Waals surface area contributed by atoms with Crippen molar-refractivity contribution in [2.24, 2.45) is 5.92 Å². The van der Waals surface area contributed by atoms with Gasteiger partial charge in [0.2, 0.25) is 5.95 Å². The SMILES string of the molecule is Cc1cn(CC(C)C)c(N(C)C2CC3CCC(C2)N3)n1. The van der Waals surface area contributed by atoms with Gasteiger partial charge in [0, 0.05) is 37.9 Å². The molecule has 0 saturated carbocycles. The number of aryl methyl sites for hydroxylation is 1. The van der Waals surface area contributed by atoms with Gasteiger partial charge in [0.1, 0.15) is 0 Å². The molecule has 0 radical (unpaired) electrons. The van der Waals surface area contributed by atoms with Gasteiger partial charge in [-0.1, -0.05) is 13.8 Å². The van der Waals surface area contributed by atoms with Crippen LogP contribution in [-0.2, 0) is 6.54 Å². The van der Waals surface area contributed by atoms with Crippen LogP contribution in [-0.4, -0.2) is 34.7 Å². The molecule has 4 heteroatoms. The highest BCUT2D eigenvalue weighted by Gasteiger charge is 2.36. The zero-order valence-electron chi connectivity index (χ0n) is 13.3. The standard InChI is InChI=1S/C16H28N4/c1-11(2)9-20-10-12(3)17-16(20)19(4)15-7-13-5-6-14(8-15)18-13/h10-11,13-15,18H,5-9H2,1-4H3. The normalized spacial score (nSPS) is 29.1. The van der Waals surface area contributed by atoms with Crippen molar-refractivity contribution >= 4 is 5.95 Å². The highest BCUT2D eigenvalue weighted by molar-refractivity contribution is 5.34. The number of nitrogens with zero attached hydrogens (tertiary/aromatic N) is 3. The van der Waals surface area contributed by atoms with E-state index in [1.54, 1.807) is 0 Å². The predicted molar refractivity (Wildman–Crippen MR) is 83.2 cm³/mol. The molecule has 2 fully saturated rings. The van der Waals surface area contributed by atoms with Gasteiger partial charge >= 0.3 is 0 Å². The number of imidazole rings is 1. The fourth-order valence-corrected chi connectivity index (χ4v) is 3.85. The first-order valence-electron chi connectivity index (χ1n) is 8.05. The van der Waals surface area contributed by atoms with Crippen LogP contribution < -0.4 is 10.2 Å². The summed E-state index contributed by atoms with van der Waals surface area (Å²) < 4.78 is 2.34. The highest BCUT2D eigenvalue weighted by Crippen LogP contribution is 2.31. The van der Waals surface area contributed by atoms with Crippen LogP contribution in [0, 0.1) is 12.8 Å². The number of hydrogen-bond donors (Lipinski definition) is 1. The number of piperidine rings is 1. The van der Waals surface area contributed by atoms with Gasteiger partial charge in [0.05, 0.1) is 5.69 Å². The second kappa shape index (κ2) is 5.40. The van der Waals surface area contributed by atoms with Crippen molar-refractivity contribution in [2.45, 2.75) is 71.1 Å². The Morgan fingerprint density at radius 1 is 1.35 bits per heavy atom. The molecule has 2 saturated heterocycles. The molecule has 2 unspecified atom stereocenters. The summed E-state index contributed by atoms with van der Waals surface area (Å²) in [6, 6.07) is 2.10. The van der Waals surface area contributed by atoms with E-state index in [2.05, 4.69) is 48.8 Å². The number of aromatic nitrogens is 2. The van der Waals surface area contributed by atoms with Crippen LogP contribution >= 0.6 is 0 Å². The average Bonchev–Trinajstić information content (AvgIpc) is 2.90. The molecule has 2 bridgehead atoms. The summed E-state index contributed by atoms with van der Waals surface area (Å²) in [4.78, 5) is 7.21. The van der Waals surface area contributed by atoms with Gasteiger partial charge < -0.3 is 14.8 Å². The first-order chi connectivity index (χ1) is 9.52. The number of anilines is 1. The van der Waals surface area contributed by atoms with Crippen molar-refractivity contribution in [1.29, 1.82) is 0 Å². The van der Waals surface area contributed by atoms with Crippen molar-refractivity contribution in [3.63, 3.8) is 0 Å². The third kappa shape index (κ3) is 2.71.